The first-order valence-electron chi connectivity index (χ1n) is 32.3. The summed E-state index contributed by atoms with van der Waals surface area (Å²) < 4.78 is 16.9. The Balaban J connectivity index is 4.29. The molecule has 0 rings (SSSR count). The van der Waals surface area contributed by atoms with Crippen molar-refractivity contribution in [2.45, 2.75) is 341 Å². The highest BCUT2D eigenvalue weighted by Gasteiger charge is 2.19. The number of rotatable bonds is 59. The van der Waals surface area contributed by atoms with Crippen molar-refractivity contribution in [3.63, 3.8) is 0 Å². The van der Waals surface area contributed by atoms with E-state index in [1.54, 1.807) is 0 Å². The normalized spacial score (nSPS) is 12.4. The van der Waals surface area contributed by atoms with E-state index in [1.165, 1.54) is 225 Å². The fraction of sp³-hybridized carbons (Fsp3) is 0.809. The van der Waals surface area contributed by atoms with Gasteiger partial charge in [-0.1, -0.05) is 306 Å². The molecule has 6 heteroatoms. The molecule has 0 spiro atoms. The fourth-order valence-corrected chi connectivity index (χ4v) is 9.45. The summed E-state index contributed by atoms with van der Waals surface area (Å²) in [5, 5.41) is 0. The Morgan fingerprint density at radius 3 is 0.905 bits per heavy atom. The summed E-state index contributed by atoms with van der Waals surface area (Å²) >= 11 is 0. The zero-order valence-electron chi connectivity index (χ0n) is 49.4. The summed E-state index contributed by atoms with van der Waals surface area (Å²) in [6.45, 7) is 6.51. The largest absolute Gasteiger partial charge is 0.462 e. The minimum atomic E-state index is -0.801. The summed E-state index contributed by atoms with van der Waals surface area (Å²) in [7, 11) is 0. The molecule has 0 bridgehead atoms. The van der Waals surface area contributed by atoms with Crippen LogP contribution in [0.25, 0.3) is 0 Å². The van der Waals surface area contributed by atoms with Gasteiger partial charge in [-0.25, -0.2) is 0 Å². The molecule has 0 saturated carbocycles. The van der Waals surface area contributed by atoms with Gasteiger partial charge in [-0.3, -0.25) is 14.4 Å². The van der Waals surface area contributed by atoms with E-state index in [1.807, 2.05) is 6.08 Å². The number of carbonyl (C=O) groups excluding carboxylic acids is 3. The van der Waals surface area contributed by atoms with Gasteiger partial charge in [0.2, 0.25) is 0 Å². The molecule has 0 heterocycles. The molecule has 0 aliphatic heterocycles. The van der Waals surface area contributed by atoms with E-state index in [0.717, 1.165) is 64.2 Å². The van der Waals surface area contributed by atoms with Crippen LogP contribution in [-0.2, 0) is 28.6 Å². The maximum Gasteiger partial charge on any atom is 0.306 e. The molecule has 6 nitrogen and oxygen atoms in total. The number of hydrogen-bond donors (Lipinski definition) is 0. The smallest absolute Gasteiger partial charge is 0.306 e. The highest BCUT2D eigenvalue weighted by Crippen LogP contribution is 2.17. The van der Waals surface area contributed by atoms with Crippen molar-refractivity contribution >= 4 is 17.9 Å². The first kappa shape index (κ1) is 71.1. The number of hydrogen-bond acceptors (Lipinski definition) is 6. The third kappa shape index (κ3) is 60.0. The maximum absolute atomic E-state index is 12.9. The fourth-order valence-electron chi connectivity index (χ4n) is 9.45. The van der Waals surface area contributed by atoms with Crippen LogP contribution in [0.2, 0.25) is 0 Å². The van der Waals surface area contributed by atoms with Crippen LogP contribution in [0.3, 0.4) is 0 Å². The van der Waals surface area contributed by atoms with Gasteiger partial charge in [0.25, 0.3) is 0 Å². The molecule has 0 aromatic carbocycles. The van der Waals surface area contributed by atoms with E-state index in [4.69, 9.17) is 14.2 Å². The second-order valence-electron chi connectivity index (χ2n) is 21.6. The third-order valence-corrected chi connectivity index (χ3v) is 14.3. The number of ether oxygens (including phenoxy) is 3. The molecule has 0 aromatic rings. The van der Waals surface area contributed by atoms with Crippen LogP contribution in [0.1, 0.15) is 335 Å². The van der Waals surface area contributed by atoms with Crippen molar-refractivity contribution in [1.82, 2.24) is 0 Å². The lowest BCUT2D eigenvalue weighted by Crippen LogP contribution is -2.30. The maximum atomic E-state index is 12.9. The van der Waals surface area contributed by atoms with Crippen molar-refractivity contribution < 1.29 is 28.6 Å². The molecule has 0 aliphatic carbocycles. The molecular formula is C68H122O6. The molecule has 0 amide bonds. The van der Waals surface area contributed by atoms with E-state index in [9.17, 15) is 14.4 Å². The zero-order chi connectivity index (χ0) is 53.6. The quantitative estimate of drug-likeness (QED) is 0.0261. The van der Waals surface area contributed by atoms with Crippen molar-refractivity contribution in [3.05, 3.63) is 60.8 Å². The first-order chi connectivity index (χ1) is 36.5. The zero-order valence-corrected chi connectivity index (χ0v) is 49.4. The average Bonchev–Trinajstić information content (AvgIpc) is 3.40. The topological polar surface area (TPSA) is 78.9 Å². The van der Waals surface area contributed by atoms with Gasteiger partial charge in [0.1, 0.15) is 13.2 Å². The van der Waals surface area contributed by atoms with Crippen LogP contribution in [0.4, 0.5) is 0 Å². The number of esters is 3. The Morgan fingerprint density at radius 1 is 0.284 bits per heavy atom. The lowest BCUT2D eigenvalue weighted by molar-refractivity contribution is -0.166. The van der Waals surface area contributed by atoms with E-state index >= 15 is 0 Å². The van der Waals surface area contributed by atoms with Crippen LogP contribution in [0.5, 0.6) is 0 Å². The Hall–Kier alpha value is -2.89. The Labute approximate surface area is 460 Å². The lowest BCUT2D eigenvalue weighted by Gasteiger charge is -2.18. The molecule has 430 valence electrons. The number of allylic oxidation sites excluding steroid dienone is 10. The summed E-state index contributed by atoms with van der Waals surface area (Å²) in [5.74, 6) is -0.959. The second kappa shape index (κ2) is 62.6. The minimum absolute atomic E-state index is 0.0926. The lowest BCUT2D eigenvalue weighted by atomic mass is 10.0. The highest BCUT2D eigenvalue weighted by atomic mass is 16.6. The van der Waals surface area contributed by atoms with Gasteiger partial charge in [-0.05, 0) is 70.6 Å². The van der Waals surface area contributed by atoms with Crippen LogP contribution < -0.4 is 0 Å². The Kier molecular flexibility index (Phi) is 60.2. The Bertz CT molecular complexity index is 1330. The van der Waals surface area contributed by atoms with Gasteiger partial charge >= 0.3 is 17.9 Å². The van der Waals surface area contributed by atoms with Gasteiger partial charge in [-0.2, -0.15) is 0 Å². The second-order valence-corrected chi connectivity index (χ2v) is 21.6. The van der Waals surface area contributed by atoms with Gasteiger partial charge < -0.3 is 14.2 Å². The summed E-state index contributed by atoms with van der Waals surface area (Å²) in [6, 6.07) is 0. The molecule has 0 aromatic heterocycles. The van der Waals surface area contributed by atoms with Crippen LogP contribution in [-0.4, -0.2) is 37.2 Å². The molecule has 0 radical (unpaired) electrons. The van der Waals surface area contributed by atoms with Crippen molar-refractivity contribution in [2.75, 3.05) is 13.2 Å². The summed E-state index contributed by atoms with van der Waals surface area (Å²) in [6.07, 6.45) is 79.7. The molecule has 0 aliphatic rings. The third-order valence-electron chi connectivity index (χ3n) is 14.3. The predicted octanol–water partition coefficient (Wildman–Crippen LogP) is 21.9. The van der Waals surface area contributed by atoms with Crippen molar-refractivity contribution in [3.8, 4) is 0 Å². The Morgan fingerprint density at radius 2 is 0.554 bits per heavy atom. The van der Waals surface area contributed by atoms with Gasteiger partial charge in [0.15, 0.2) is 6.10 Å². The van der Waals surface area contributed by atoms with E-state index < -0.39 is 6.10 Å². The summed E-state index contributed by atoms with van der Waals surface area (Å²) in [4.78, 5) is 38.2. The molecule has 0 N–H and O–H groups in total. The average molecular weight is 1040 g/mol. The van der Waals surface area contributed by atoms with E-state index in [-0.39, 0.29) is 37.5 Å². The van der Waals surface area contributed by atoms with Gasteiger partial charge in [0.05, 0.1) is 0 Å². The monoisotopic (exact) mass is 1030 g/mol. The predicted molar refractivity (Wildman–Crippen MR) is 321 cm³/mol. The summed E-state index contributed by atoms with van der Waals surface area (Å²) in [5.41, 5.74) is 0. The standard InChI is InChI=1S/C68H122O6/c1-4-7-10-13-16-19-22-25-27-29-31-32-33-34-35-36-37-39-40-43-46-49-52-55-58-61-67(70)73-64-65(63-72-66(69)60-57-54-51-48-45-42-24-21-18-15-12-9-6-3)74-68(71)62-59-56-53-50-47-44-41-38-30-28-26-23-20-17-14-11-8-5-2/h9,12,18,21,29,31,42,45,51,54,65H,4-8,10-11,13-17,19-20,22-28,30,32-41,43-44,46-50,52-53,55-64H2,1-3H3/b12-9-,21-18-,31-29-,45-42-,54-51-. The number of unbranched alkanes of at least 4 members (excludes halogenated alkanes) is 38. The van der Waals surface area contributed by atoms with Crippen LogP contribution >= 0.6 is 0 Å². The molecular weight excluding hydrogens is 913 g/mol. The molecule has 0 fully saturated rings. The number of carbonyl (C=O) groups is 3. The highest BCUT2D eigenvalue weighted by molar-refractivity contribution is 5.71. The van der Waals surface area contributed by atoms with Crippen molar-refractivity contribution in [2.24, 2.45) is 0 Å². The molecule has 1 atom stereocenters. The van der Waals surface area contributed by atoms with Crippen LogP contribution in [0.15, 0.2) is 60.8 Å². The van der Waals surface area contributed by atoms with Gasteiger partial charge in [-0.15, -0.1) is 0 Å². The van der Waals surface area contributed by atoms with Crippen LogP contribution in [0, 0.1) is 0 Å². The first-order valence-corrected chi connectivity index (χ1v) is 32.3. The minimum Gasteiger partial charge on any atom is -0.462 e. The molecule has 74 heavy (non-hydrogen) atoms. The molecule has 0 saturated heterocycles. The van der Waals surface area contributed by atoms with Crippen molar-refractivity contribution in [1.29, 1.82) is 0 Å². The van der Waals surface area contributed by atoms with E-state index in [0.29, 0.717) is 19.3 Å². The SMILES string of the molecule is CC/C=C\C/C=C\C/C=C\C/C=C\CCC(=O)OCC(COC(=O)CCCCCCCCCCCCCCC/C=C\CCCCCCCCCC)OC(=O)CCCCCCCCCCCCCCCCCCCC. The van der Waals surface area contributed by atoms with E-state index in [2.05, 4.69) is 75.5 Å². The molecule has 1 unspecified atom stereocenters. The van der Waals surface area contributed by atoms with Gasteiger partial charge in [0, 0.05) is 19.3 Å².